The van der Waals surface area contributed by atoms with Gasteiger partial charge in [-0.05, 0) is 31.9 Å². The second kappa shape index (κ2) is 5.67. The number of anilines is 1. The van der Waals surface area contributed by atoms with Gasteiger partial charge in [0, 0.05) is 25.0 Å². The third-order valence-electron chi connectivity index (χ3n) is 4.09. The van der Waals surface area contributed by atoms with Gasteiger partial charge in [0.05, 0.1) is 10.7 Å². The third kappa shape index (κ3) is 3.37. The number of benzene rings is 1. The topological polar surface area (TPSA) is 75.3 Å². The Kier molecular flexibility index (Phi) is 4.27. The van der Waals surface area contributed by atoms with Crippen molar-refractivity contribution < 1.29 is 13.2 Å². The monoisotopic (exact) mass is 310 g/mol. The minimum atomic E-state index is -3.22. The van der Waals surface area contributed by atoms with Crippen LogP contribution in [0, 0.1) is 0 Å². The first-order valence-corrected chi connectivity index (χ1v) is 8.91. The summed E-state index contributed by atoms with van der Waals surface area (Å²) in [6, 6.07) is 7.73. The molecular weight excluding hydrogens is 288 g/mol. The molecule has 5 nitrogen and oxygen atoms in total. The summed E-state index contributed by atoms with van der Waals surface area (Å²) in [5.41, 5.74) is 1.95. The molecule has 116 valence electrons. The van der Waals surface area contributed by atoms with E-state index in [0.29, 0.717) is 6.42 Å². The number of carbonyl (C=O) groups excluding carboxylic acids is 1. The van der Waals surface area contributed by atoms with Crippen LogP contribution in [0.2, 0.25) is 0 Å². The highest BCUT2D eigenvalue weighted by Gasteiger charge is 2.32. The van der Waals surface area contributed by atoms with E-state index in [0.717, 1.165) is 17.8 Å². The number of fused-ring (bicyclic) bond motifs is 1. The van der Waals surface area contributed by atoms with Gasteiger partial charge in [0.1, 0.15) is 0 Å². The van der Waals surface area contributed by atoms with Crippen LogP contribution in [-0.2, 0) is 14.6 Å². The molecule has 2 N–H and O–H groups in total. The third-order valence-corrected chi connectivity index (χ3v) is 6.25. The van der Waals surface area contributed by atoms with Gasteiger partial charge in [-0.2, -0.15) is 0 Å². The predicted molar refractivity (Wildman–Crippen MR) is 84.2 cm³/mol. The SMILES string of the molecule is CC(C)(CNC(=O)C1CCNc2ccccc21)S(C)(=O)=O. The van der Waals surface area contributed by atoms with E-state index >= 15 is 0 Å². The molecule has 1 aliphatic heterocycles. The first-order chi connectivity index (χ1) is 9.72. The second-order valence-electron chi connectivity index (χ2n) is 6.10. The Hall–Kier alpha value is -1.56. The van der Waals surface area contributed by atoms with Crippen LogP contribution in [0.25, 0.3) is 0 Å². The number of hydrogen-bond donors (Lipinski definition) is 2. The van der Waals surface area contributed by atoms with Crippen molar-refractivity contribution in [2.75, 3.05) is 24.7 Å². The summed E-state index contributed by atoms with van der Waals surface area (Å²) in [4.78, 5) is 12.4. The molecule has 21 heavy (non-hydrogen) atoms. The normalized spacial score (nSPS) is 18.5. The Morgan fingerprint density at radius 3 is 2.71 bits per heavy atom. The van der Waals surface area contributed by atoms with Gasteiger partial charge in [-0.1, -0.05) is 18.2 Å². The molecular formula is C15H22N2O3S. The van der Waals surface area contributed by atoms with Crippen LogP contribution < -0.4 is 10.6 Å². The fourth-order valence-corrected chi connectivity index (χ4v) is 2.63. The van der Waals surface area contributed by atoms with Crippen molar-refractivity contribution in [3.8, 4) is 0 Å². The average molecular weight is 310 g/mol. The number of hydrogen-bond acceptors (Lipinski definition) is 4. The van der Waals surface area contributed by atoms with Crippen LogP contribution in [0.15, 0.2) is 24.3 Å². The van der Waals surface area contributed by atoms with E-state index in [9.17, 15) is 13.2 Å². The van der Waals surface area contributed by atoms with Gasteiger partial charge in [0.2, 0.25) is 5.91 Å². The Morgan fingerprint density at radius 1 is 1.38 bits per heavy atom. The van der Waals surface area contributed by atoms with E-state index in [1.54, 1.807) is 13.8 Å². The highest BCUT2D eigenvalue weighted by Crippen LogP contribution is 2.31. The first-order valence-electron chi connectivity index (χ1n) is 7.02. The van der Waals surface area contributed by atoms with Crippen LogP contribution in [0.4, 0.5) is 5.69 Å². The van der Waals surface area contributed by atoms with E-state index in [4.69, 9.17) is 0 Å². The van der Waals surface area contributed by atoms with Crippen molar-refractivity contribution in [1.29, 1.82) is 0 Å². The molecule has 1 aromatic carbocycles. The average Bonchev–Trinajstić information content (AvgIpc) is 2.43. The summed E-state index contributed by atoms with van der Waals surface area (Å²) in [6.07, 6.45) is 1.90. The van der Waals surface area contributed by atoms with Gasteiger partial charge in [-0.15, -0.1) is 0 Å². The molecule has 1 amide bonds. The molecule has 0 radical (unpaired) electrons. The quantitative estimate of drug-likeness (QED) is 0.884. The molecule has 6 heteroatoms. The summed E-state index contributed by atoms with van der Waals surface area (Å²) in [7, 11) is -3.22. The zero-order valence-electron chi connectivity index (χ0n) is 12.6. The summed E-state index contributed by atoms with van der Waals surface area (Å²) >= 11 is 0. The molecule has 1 aromatic rings. The van der Waals surface area contributed by atoms with Crippen LogP contribution in [0.3, 0.4) is 0 Å². The summed E-state index contributed by atoms with van der Waals surface area (Å²) < 4.78 is 22.4. The number of sulfone groups is 1. The second-order valence-corrected chi connectivity index (χ2v) is 8.75. The standard InChI is InChI=1S/C15H22N2O3S/c1-15(2,21(3,19)20)10-17-14(18)12-8-9-16-13-7-5-4-6-11(12)13/h4-7,12,16H,8-10H2,1-3H3,(H,17,18). The number of nitrogens with one attached hydrogen (secondary N) is 2. The fourth-order valence-electron chi connectivity index (χ4n) is 2.30. The lowest BCUT2D eigenvalue weighted by Gasteiger charge is -2.28. The van der Waals surface area contributed by atoms with Crippen molar-refractivity contribution >= 4 is 21.4 Å². The highest BCUT2D eigenvalue weighted by molar-refractivity contribution is 7.92. The Labute approximate surface area is 126 Å². The lowest BCUT2D eigenvalue weighted by molar-refractivity contribution is -0.122. The van der Waals surface area contributed by atoms with E-state index in [-0.39, 0.29) is 18.4 Å². The van der Waals surface area contributed by atoms with Gasteiger partial charge in [-0.3, -0.25) is 4.79 Å². The fraction of sp³-hybridized carbons (Fsp3) is 0.533. The molecule has 0 aliphatic carbocycles. The molecule has 0 saturated heterocycles. The summed E-state index contributed by atoms with van der Waals surface area (Å²) in [5, 5.41) is 6.06. The molecule has 0 fully saturated rings. The molecule has 1 aliphatic rings. The van der Waals surface area contributed by atoms with Crippen molar-refractivity contribution in [2.24, 2.45) is 0 Å². The van der Waals surface area contributed by atoms with Crippen LogP contribution in [0.5, 0.6) is 0 Å². The maximum absolute atomic E-state index is 12.4. The predicted octanol–water partition coefficient (Wildman–Crippen LogP) is 1.53. The summed E-state index contributed by atoms with van der Waals surface area (Å²) in [5.74, 6) is -0.335. The molecule has 0 saturated carbocycles. The maximum Gasteiger partial charge on any atom is 0.227 e. The molecule has 1 atom stereocenters. The Balaban J connectivity index is 2.09. The zero-order chi connectivity index (χ0) is 15.7. The zero-order valence-corrected chi connectivity index (χ0v) is 13.5. The molecule has 0 spiro atoms. The Morgan fingerprint density at radius 2 is 2.05 bits per heavy atom. The van der Waals surface area contributed by atoms with Crippen LogP contribution in [-0.4, -0.2) is 38.4 Å². The Bertz CT molecular complexity index is 638. The summed E-state index contributed by atoms with van der Waals surface area (Å²) in [6.45, 7) is 4.11. The van der Waals surface area contributed by atoms with Gasteiger partial charge in [0.25, 0.3) is 0 Å². The number of carbonyl (C=O) groups is 1. The highest BCUT2D eigenvalue weighted by atomic mass is 32.2. The lowest BCUT2D eigenvalue weighted by Crippen LogP contribution is -2.45. The van der Waals surface area contributed by atoms with Gasteiger partial charge in [-0.25, -0.2) is 8.42 Å². The van der Waals surface area contributed by atoms with E-state index in [1.165, 1.54) is 6.26 Å². The number of rotatable bonds is 4. The van der Waals surface area contributed by atoms with Crippen molar-refractivity contribution in [3.05, 3.63) is 29.8 Å². The van der Waals surface area contributed by atoms with Crippen molar-refractivity contribution in [1.82, 2.24) is 5.32 Å². The number of para-hydroxylation sites is 1. The van der Waals surface area contributed by atoms with Crippen molar-refractivity contribution in [2.45, 2.75) is 30.9 Å². The minimum absolute atomic E-state index is 0.110. The molecule has 0 bridgehead atoms. The first kappa shape index (κ1) is 15.8. The van der Waals surface area contributed by atoms with E-state index < -0.39 is 14.6 Å². The lowest BCUT2D eigenvalue weighted by atomic mass is 9.90. The minimum Gasteiger partial charge on any atom is -0.385 e. The van der Waals surface area contributed by atoms with E-state index in [1.807, 2.05) is 24.3 Å². The molecule has 1 unspecified atom stereocenters. The van der Waals surface area contributed by atoms with E-state index in [2.05, 4.69) is 10.6 Å². The maximum atomic E-state index is 12.4. The molecule has 0 aromatic heterocycles. The largest absolute Gasteiger partial charge is 0.385 e. The van der Waals surface area contributed by atoms with Crippen molar-refractivity contribution in [3.63, 3.8) is 0 Å². The van der Waals surface area contributed by atoms with Gasteiger partial charge in [0.15, 0.2) is 9.84 Å². The van der Waals surface area contributed by atoms with Gasteiger partial charge >= 0.3 is 0 Å². The van der Waals surface area contributed by atoms with Gasteiger partial charge < -0.3 is 10.6 Å². The van der Waals surface area contributed by atoms with Crippen LogP contribution >= 0.6 is 0 Å². The molecule has 2 rings (SSSR count). The smallest absolute Gasteiger partial charge is 0.227 e. The number of amides is 1. The van der Waals surface area contributed by atoms with Crippen LogP contribution in [0.1, 0.15) is 31.7 Å². The molecule has 1 heterocycles.